The fraction of sp³-hybridized carbons (Fsp3) is 0.600. The van der Waals surface area contributed by atoms with Gasteiger partial charge >= 0.3 is 0 Å². The van der Waals surface area contributed by atoms with Crippen molar-refractivity contribution in [3.63, 3.8) is 0 Å². The molecule has 0 fully saturated rings. The molecule has 2 nitrogen and oxygen atoms in total. The highest BCUT2D eigenvalue weighted by Gasteiger charge is 2.17. The summed E-state index contributed by atoms with van der Waals surface area (Å²) in [6.07, 6.45) is 4.48. The summed E-state index contributed by atoms with van der Waals surface area (Å²) in [5.74, 6) is 0. The maximum Gasteiger partial charge on any atom is 0.0917 e. The number of nitrogens with one attached hydrogen (secondary N) is 1. The second kappa shape index (κ2) is 5.65. The Kier molecular flexibility index (Phi) is 4.19. The highest BCUT2D eigenvalue weighted by Crippen LogP contribution is 2.28. The van der Waals surface area contributed by atoms with Crippen LogP contribution in [-0.4, -0.2) is 17.7 Å². The van der Waals surface area contributed by atoms with Gasteiger partial charge in [0.05, 0.1) is 6.10 Å². The molecule has 1 aliphatic rings. The second-order valence-corrected chi connectivity index (χ2v) is 5.27. The van der Waals surface area contributed by atoms with Crippen LogP contribution in [0.1, 0.15) is 49.5 Å². The van der Waals surface area contributed by atoms with E-state index in [9.17, 15) is 5.11 Å². The summed E-state index contributed by atoms with van der Waals surface area (Å²) in [6, 6.07) is 6.79. The van der Waals surface area contributed by atoms with Gasteiger partial charge in [0.15, 0.2) is 0 Å². The molecule has 0 aromatic heterocycles. The lowest BCUT2D eigenvalue weighted by Crippen LogP contribution is -2.28. The second-order valence-electron chi connectivity index (χ2n) is 5.27. The molecular weight excluding hydrogens is 210 g/mol. The number of aliphatic hydroxyl groups excluding tert-OH is 1. The molecule has 0 amide bonds. The predicted molar refractivity (Wildman–Crippen MR) is 71.2 cm³/mol. The Hall–Kier alpha value is -0.860. The lowest BCUT2D eigenvalue weighted by atomic mass is 9.86. The first kappa shape index (κ1) is 12.6. The normalized spacial score (nSPS) is 16.9. The molecule has 0 spiro atoms. The summed E-state index contributed by atoms with van der Waals surface area (Å²) in [5, 5.41) is 13.6. The van der Waals surface area contributed by atoms with Gasteiger partial charge in [0, 0.05) is 12.6 Å². The smallest absolute Gasteiger partial charge is 0.0917 e. The number of aliphatic hydroxyl groups is 1. The van der Waals surface area contributed by atoms with Crippen molar-refractivity contribution < 1.29 is 5.11 Å². The van der Waals surface area contributed by atoms with Crippen molar-refractivity contribution >= 4 is 0 Å². The minimum absolute atomic E-state index is 0.370. The third-order valence-corrected chi connectivity index (χ3v) is 3.51. The average molecular weight is 233 g/mol. The van der Waals surface area contributed by atoms with E-state index < -0.39 is 0 Å². The molecule has 0 saturated heterocycles. The Morgan fingerprint density at radius 1 is 1.24 bits per heavy atom. The molecule has 2 heteroatoms. The van der Waals surface area contributed by atoms with E-state index in [2.05, 4.69) is 37.4 Å². The van der Waals surface area contributed by atoms with Crippen molar-refractivity contribution in [2.45, 2.75) is 51.7 Å². The van der Waals surface area contributed by atoms with E-state index in [1.807, 2.05) is 0 Å². The Balaban J connectivity index is 2.14. The molecule has 2 N–H and O–H groups in total. The highest BCUT2D eigenvalue weighted by molar-refractivity contribution is 5.38. The van der Waals surface area contributed by atoms with E-state index in [4.69, 9.17) is 0 Å². The Bertz CT molecular complexity index is 373. The van der Waals surface area contributed by atoms with Gasteiger partial charge in [0.25, 0.3) is 0 Å². The maximum absolute atomic E-state index is 10.3. The Morgan fingerprint density at radius 2 is 2.00 bits per heavy atom. The first-order valence-electron chi connectivity index (χ1n) is 6.70. The van der Waals surface area contributed by atoms with Gasteiger partial charge in [-0.2, -0.15) is 0 Å². The Morgan fingerprint density at radius 3 is 2.76 bits per heavy atom. The Labute approximate surface area is 104 Å². The highest BCUT2D eigenvalue weighted by atomic mass is 16.3. The molecule has 0 aliphatic heterocycles. The largest absolute Gasteiger partial charge is 0.387 e. The number of benzene rings is 1. The van der Waals surface area contributed by atoms with Gasteiger partial charge in [-0.15, -0.1) is 0 Å². The van der Waals surface area contributed by atoms with Crippen molar-refractivity contribution in [1.82, 2.24) is 5.32 Å². The van der Waals surface area contributed by atoms with E-state index in [0.717, 1.165) is 12.0 Å². The summed E-state index contributed by atoms with van der Waals surface area (Å²) in [6.45, 7) is 4.86. The number of fused-ring (bicyclic) bond motifs is 1. The van der Waals surface area contributed by atoms with Gasteiger partial charge < -0.3 is 10.4 Å². The zero-order valence-electron chi connectivity index (χ0n) is 10.9. The summed E-state index contributed by atoms with van der Waals surface area (Å²) in [5.41, 5.74) is 3.98. The number of hydrogen-bond acceptors (Lipinski definition) is 2. The summed E-state index contributed by atoms with van der Waals surface area (Å²) >= 11 is 0. The lowest BCUT2D eigenvalue weighted by molar-refractivity contribution is 0.170. The SMILES string of the molecule is CC(C)NC[C@H](O)c1cccc2c1CCCC2. The maximum atomic E-state index is 10.3. The van der Waals surface area contributed by atoms with E-state index in [-0.39, 0.29) is 6.10 Å². The molecule has 0 bridgehead atoms. The quantitative estimate of drug-likeness (QED) is 0.838. The van der Waals surface area contributed by atoms with Crippen molar-refractivity contribution in [3.8, 4) is 0 Å². The third kappa shape index (κ3) is 3.08. The monoisotopic (exact) mass is 233 g/mol. The summed E-state index contributed by atoms with van der Waals surface area (Å²) in [4.78, 5) is 0. The average Bonchev–Trinajstić information content (AvgIpc) is 2.35. The molecule has 1 atom stereocenters. The fourth-order valence-corrected chi connectivity index (χ4v) is 2.58. The van der Waals surface area contributed by atoms with E-state index >= 15 is 0 Å². The topological polar surface area (TPSA) is 32.3 Å². The molecule has 1 aromatic rings. The lowest BCUT2D eigenvalue weighted by Gasteiger charge is -2.23. The molecule has 2 rings (SSSR count). The van der Waals surface area contributed by atoms with Crippen LogP contribution in [0.4, 0.5) is 0 Å². The van der Waals surface area contributed by atoms with Gasteiger partial charge in [0.1, 0.15) is 0 Å². The van der Waals surface area contributed by atoms with E-state index in [1.54, 1.807) is 0 Å². The molecule has 0 radical (unpaired) electrons. The first-order chi connectivity index (χ1) is 8.18. The predicted octanol–water partition coefficient (Wildman–Crippen LogP) is 2.60. The van der Waals surface area contributed by atoms with Crippen LogP contribution in [0.5, 0.6) is 0 Å². The first-order valence-corrected chi connectivity index (χ1v) is 6.70. The standard InChI is InChI=1S/C15H23NO/c1-11(2)16-10-15(17)14-9-5-7-12-6-3-4-8-13(12)14/h5,7,9,11,15-17H,3-4,6,8,10H2,1-2H3/t15-/m0/s1. The van der Waals surface area contributed by atoms with Crippen LogP contribution in [0.25, 0.3) is 0 Å². The molecule has 0 unspecified atom stereocenters. The number of hydrogen-bond donors (Lipinski definition) is 2. The van der Waals surface area contributed by atoms with Crippen LogP contribution >= 0.6 is 0 Å². The van der Waals surface area contributed by atoms with Gasteiger partial charge in [0.2, 0.25) is 0 Å². The van der Waals surface area contributed by atoms with Crippen molar-refractivity contribution in [1.29, 1.82) is 0 Å². The third-order valence-electron chi connectivity index (χ3n) is 3.51. The van der Waals surface area contributed by atoms with Crippen LogP contribution in [-0.2, 0) is 12.8 Å². The van der Waals surface area contributed by atoms with Crippen LogP contribution in [0.2, 0.25) is 0 Å². The van der Waals surface area contributed by atoms with Crippen LogP contribution in [0.3, 0.4) is 0 Å². The fourth-order valence-electron chi connectivity index (χ4n) is 2.58. The molecule has 17 heavy (non-hydrogen) atoms. The van der Waals surface area contributed by atoms with Crippen molar-refractivity contribution in [2.24, 2.45) is 0 Å². The molecule has 1 aliphatic carbocycles. The zero-order valence-corrected chi connectivity index (χ0v) is 10.9. The van der Waals surface area contributed by atoms with Crippen LogP contribution in [0.15, 0.2) is 18.2 Å². The van der Waals surface area contributed by atoms with Crippen LogP contribution in [0, 0.1) is 0 Å². The minimum Gasteiger partial charge on any atom is -0.387 e. The van der Waals surface area contributed by atoms with Gasteiger partial charge in [-0.25, -0.2) is 0 Å². The molecule has 1 aromatic carbocycles. The van der Waals surface area contributed by atoms with Gasteiger partial charge in [-0.1, -0.05) is 32.0 Å². The van der Waals surface area contributed by atoms with Crippen molar-refractivity contribution in [2.75, 3.05) is 6.54 Å². The van der Waals surface area contributed by atoms with E-state index in [0.29, 0.717) is 12.6 Å². The minimum atomic E-state index is -0.370. The molecule has 94 valence electrons. The number of rotatable bonds is 4. The van der Waals surface area contributed by atoms with Gasteiger partial charge in [-0.3, -0.25) is 0 Å². The van der Waals surface area contributed by atoms with Crippen molar-refractivity contribution in [3.05, 3.63) is 34.9 Å². The zero-order chi connectivity index (χ0) is 12.3. The van der Waals surface area contributed by atoms with Crippen LogP contribution < -0.4 is 5.32 Å². The summed E-state index contributed by atoms with van der Waals surface area (Å²) in [7, 11) is 0. The van der Waals surface area contributed by atoms with Gasteiger partial charge in [-0.05, 0) is 42.4 Å². The molecule has 0 heterocycles. The molecular formula is C15H23NO. The van der Waals surface area contributed by atoms with E-state index in [1.165, 1.54) is 30.4 Å². The summed E-state index contributed by atoms with van der Waals surface area (Å²) < 4.78 is 0. The molecule has 0 saturated carbocycles. The number of aryl methyl sites for hydroxylation is 1.